The van der Waals surface area contributed by atoms with Crippen LogP contribution >= 0.6 is 0 Å². The molecule has 15 heteroatoms. The molecule has 13 nitrogen and oxygen atoms in total. The fourth-order valence-electron chi connectivity index (χ4n) is 5.58. The lowest BCUT2D eigenvalue weighted by atomic mass is 10.1. The number of H-pyrrole nitrogens is 1. The van der Waals surface area contributed by atoms with Gasteiger partial charge < -0.3 is 25.3 Å². The van der Waals surface area contributed by atoms with Gasteiger partial charge in [0.1, 0.15) is 5.56 Å². The van der Waals surface area contributed by atoms with Crippen molar-refractivity contribution in [3.05, 3.63) is 105 Å². The molecular weight excluding hydrogens is 612 g/mol. The maximum absolute atomic E-state index is 13.6. The van der Waals surface area contributed by atoms with Crippen LogP contribution in [-0.2, 0) is 24.4 Å². The Morgan fingerprint density at radius 2 is 1.72 bits per heavy atom. The zero-order valence-corrected chi connectivity index (χ0v) is 25.6. The maximum Gasteiger partial charge on any atom is 0.266 e. The van der Waals surface area contributed by atoms with Crippen LogP contribution < -0.4 is 21.1 Å². The highest BCUT2D eigenvalue weighted by Crippen LogP contribution is 2.28. The minimum absolute atomic E-state index is 0.0336. The second-order valence-electron chi connectivity index (χ2n) is 11.6. The Kier molecular flexibility index (Phi) is 9.06. The summed E-state index contributed by atoms with van der Waals surface area (Å²) in [6.07, 6.45) is 2.27. The summed E-state index contributed by atoms with van der Waals surface area (Å²) in [4.78, 5) is 61.6. The summed E-state index contributed by atoms with van der Waals surface area (Å²) in [6.45, 7) is 4.18. The number of hydrogen-bond donors (Lipinski definition) is 3. The number of nitrogens with one attached hydrogen (secondary N) is 3. The van der Waals surface area contributed by atoms with Crippen molar-refractivity contribution in [2.24, 2.45) is 0 Å². The lowest BCUT2D eigenvalue weighted by Crippen LogP contribution is -2.44. The Morgan fingerprint density at radius 1 is 0.957 bits per heavy atom. The highest BCUT2D eigenvalue weighted by atomic mass is 19.2. The number of carbonyl (C=O) groups is 3. The van der Waals surface area contributed by atoms with Crippen molar-refractivity contribution >= 4 is 29.2 Å². The first-order chi connectivity index (χ1) is 22.7. The van der Waals surface area contributed by atoms with Gasteiger partial charge in [0.2, 0.25) is 5.91 Å². The van der Waals surface area contributed by atoms with Gasteiger partial charge in [-0.1, -0.05) is 6.07 Å². The zero-order valence-electron chi connectivity index (χ0n) is 25.6. The second kappa shape index (κ2) is 13.5. The van der Waals surface area contributed by atoms with E-state index < -0.39 is 23.1 Å². The summed E-state index contributed by atoms with van der Waals surface area (Å²) in [5, 5.41) is 12.5. The van der Waals surface area contributed by atoms with E-state index in [-0.39, 0.29) is 50.0 Å². The quantitative estimate of drug-likeness (QED) is 0.250. The summed E-state index contributed by atoms with van der Waals surface area (Å²) >= 11 is 0. The molecule has 0 saturated carbocycles. The van der Waals surface area contributed by atoms with Gasteiger partial charge in [0.25, 0.3) is 17.4 Å². The van der Waals surface area contributed by atoms with Gasteiger partial charge in [-0.25, -0.2) is 13.8 Å². The molecule has 0 radical (unpaired) electrons. The number of aromatic amines is 1. The first-order valence-corrected chi connectivity index (χ1v) is 15.1. The first-order valence-electron chi connectivity index (χ1n) is 15.1. The molecule has 0 spiro atoms. The molecular formula is C32H33F2N9O4. The molecule has 0 bridgehead atoms. The van der Waals surface area contributed by atoms with Crippen molar-refractivity contribution in [2.45, 2.75) is 26.1 Å². The van der Waals surface area contributed by atoms with Crippen molar-refractivity contribution in [1.29, 1.82) is 0 Å². The van der Waals surface area contributed by atoms with E-state index in [4.69, 9.17) is 0 Å². The van der Waals surface area contributed by atoms with Crippen molar-refractivity contribution in [3.63, 3.8) is 0 Å². The third kappa shape index (κ3) is 7.04. The van der Waals surface area contributed by atoms with Gasteiger partial charge in [0.15, 0.2) is 17.5 Å². The summed E-state index contributed by atoms with van der Waals surface area (Å²) in [7, 11) is 2.10. The van der Waals surface area contributed by atoms with E-state index in [1.807, 2.05) is 12.1 Å². The molecule has 0 unspecified atom stereocenters. The monoisotopic (exact) mass is 645 g/mol. The van der Waals surface area contributed by atoms with Gasteiger partial charge in [-0.3, -0.25) is 28.8 Å². The number of amides is 3. The average molecular weight is 646 g/mol. The molecule has 2 aliphatic rings. The molecule has 2 aliphatic heterocycles. The lowest BCUT2D eigenvalue weighted by Gasteiger charge is -2.34. The number of fused-ring (bicyclic) bond motifs is 1. The van der Waals surface area contributed by atoms with Crippen molar-refractivity contribution in [2.75, 3.05) is 50.0 Å². The van der Waals surface area contributed by atoms with Gasteiger partial charge in [-0.05, 0) is 49.0 Å². The van der Waals surface area contributed by atoms with Crippen LogP contribution in [0.1, 0.15) is 44.0 Å². The van der Waals surface area contributed by atoms with Gasteiger partial charge in [0, 0.05) is 62.2 Å². The fraction of sp³-hybridized carbons (Fsp3) is 0.312. The Balaban J connectivity index is 0.992. The molecule has 3 amide bonds. The van der Waals surface area contributed by atoms with Crippen LogP contribution in [0.15, 0.2) is 59.8 Å². The smallest absolute Gasteiger partial charge is 0.266 e. The maximum atomic E-state index is 13.6. The van der Waals surface area contributed by atoms with Gasteiger partial charge in [0.05, 0.1) is 31.7 Å². The predicted octanol–water partition coefficient (Wildman–Crippen LogP) is 1.96. The number of aromatic nitrogens is 4. The third-order valence-electron chi connectivity index (χ3n) is 8.34. The van der Waals surface area contributed by atoms with E-state index >= 15 is 0 Å². The highest BCUT2D eigenvalue weighted by molar-refractivity contribution is 6.04. The number of carbonyl (C=O) groups excluding carboxylic acids is 3. The van der Waals surface area contributed by atoms with Crippen LogP contribution in [0.2, 0.25) is 0 Å². The van der Waals surface area contributed by atoms with Crippen LogP contribution in [0.25, 0.3) is 0 Å². The molecule has 4 heterocycles. The summed E-state index contributed by atoms with van der Waals surface area (Å²) in [5.74, 6) is -2.97. The summed E-state index contributed by atoms with van der Waals surface area (Å²) in [6, 6.07) is 10.7. The standard InChI is InChI=1S/C32H33F2N9O4/c1-40-10-12-41(13-11-40)22-5-3-21(4-6-22)30(45)37-29-24-17-42(18-27(24)38-39-29)28(44)8-9-36-31(46)23-15-35-19-43(32(23)47)16-20-2-7-25(33)26(34)14-20/h2-7,14-15,19H,8-13,16-18H2,1H3,(H,36,46)(H2,37,38,39,45). The first kappa shape index (κ1) is 31.5. The number of likely N-dealkylation sites (N-methyl/N-ethyl adjacent to an activating group) is 1. The zero-order chi connectivity index (χ0) is 33.1. The molecule has 4 aromatic rings. The molecule has 1 fully saturated rings. The minimum atomic E-state index is -1.05. The molecule has 244 valence electrons. The number of anilines is 2. The van der Waals surface area contributed by atoms with Crippen molar-refractivity contribution in [3.8, 4) is 0 Å². The minimum Gasteiger partial charge on any atom is -0.369 e. The Hall–Kier alpha value is -5.44. The normalized spacial score (nSPS) is 14.6. The Labute approximate surface area is 268 Å². The van der Waals surface area contributed by atoms with E-state index in [0.29, 0.717) is 28.2 Å². The SMILES string of the molecule is CN1CCN(c2ccc(C(=O)Nc3n[nH]c4c3CN(C(=O)CCNC(=O)c3cncn(Cc5ccc(F)c(F)c5)c3=O)C4)cc2)CC1. The average Bonchev–Trinajstić information content (AvgIpc) is 3.66. The summed E-state index contributed by atoms with van der Waals surface area (Å²) in [5.41, 5.74) is 2.38. The predicted molar refractivity (Wildman–Crippen MR) is 168 cm³/mol. The van der Waals surface area contributed by atoms with Gasteiger partial charge >= 0.3 is 0 Å². The topological polar surface area (TPSA) is 149 Å². The third-order valence-corrected chi connectivity index (χ3v) is 8.34. The molecule has 0 aliphatic carbocycles. The molecule has 2 aromatic carbocycles. The van der Waals surface area contributed by atoms with Gasteiger partial charge in [-0.2, -0.15) is 5.10 Å². The molecule has 47 heavy (non-hydrogen) atoms. The van der Waals surface area contributed by atoms with E-state index in [9.17, 15) is 28.0 Å². The van der Waals surface area contributed by atoms with E-state index in [0.717, 1.165) is 54.8 Å². The second-order valence-corrected chi connectivity index (χ2v) is 11.6. The van der Waals surface area contributed by atoms with Crippen LogP contribution in [0.3, 0.4) is 0 Å². The molecule has 6 rings (SSSR count). The van der Waals surface area contributed by atoms with Crippen molar-refractivity contribution < 1.29 is 23.2 Å². The van der Waals surface area contributed by atoms with Crippen LogP contribution in [0, 0.1) is 11.6 Å². The molecule has 0 atom stereocenters. The highest BCUT2D eigenvalue weighted by Gasteiger charge is 2.29. The van der Waals surface area contributed by atoms with E-state index in [2.05, 4.69) is 42.7 Å². The summed E-state index contributed by atoms with van der Waals surface area (Å²) < 4.78 is 27.9. The fourth-order valence-corrected chi connectivity index (χ4v) is 5.58. The largest absolute Gasteiger partial charge is 0.369 e. The van der Waals surface area contributed by atoms with Gasteiger partial charge in [-0.15, -0.1) is 0 Å². The number of nitrogens with zero attached hydrogens (tertiary/aromatic N) is 6. The van der Waals surface area contributed by atoms with Crippen LogP contribution in [-0.4, -0.2) is 87.0 Å². The molecule has 2 aromatic heterocycles. The Bertz CT molecular complexity index is 1870. The van der Waals surface area contributed by atoms with Crippen LogP contribution in [0.5, 0.6) is 0 Å². The number of benzene rings is 2. The number of halogens is 2. The van der Waals surface area contributed by atoms with Crippen LogP contribution in [0.4, 0.5) is 20.3 Å². The Morgan fingerprint density at radius 3 is 2.47 bits per heavy atom. The number of piperazine rings is 1. The molecule has 3 N–H and O–H groups in total. The number of rotatable bonds is 9. The lowest BCUT2D eigenvalue weighted by molar-refractivity contribution is -0.131. The van der Waals surface area contributed by atoms with E-state index in [1.165, 1.54) is 12.4 Å². The number of hydrogen-bond acceptors (Lipinski definition) is 8. The van der Waals surface area contributed by atoms with E-state index in [1.54, 1.807) is 17.0 Å². The van der Waals surface area contributed by atoms with Crippen molar-refractivity contribution in [1.82, 2.24) is 34.9 Å². The molecule has 1 saturated heterocycles.